The van der Waals surface area contributed by atoms with Crippen molar-refractivity contribution >= 4 is 5.82 Å². The quantitative estimate of drug-likeness (QED) is 0.779. The van der Waals surface area contributed by atoms with Gasteiger partial charge in [0.05, 0.1) is 24.0 Å². The molecule has 134 valence electrons. The lowest BCUT2D eigenvalue weighted by Crippen LogP contribution is -2.35. The molecule has 0 amide bonds. The zero-order valence-corrected chi connectivity index (χ0v) is 14.7. The molecule has 1 N–H and O–H groups in total. The van der Waals surface area contributed by atoms with Gasteiger partial charge in [-0.05, 0) is 31.9 Å². The van der Waals surface area contributed by atoms with Gasteiger partial charge in [0, 0.05) is 18.7 Å². The van der Waals surface area contributed by atoms with Gasteiger partial charge in [-0.2, -0.15) is 0 Å². The third-order valence-corrected chi connectivity index (χ3v) is 4.84. The van der Waals surface area contributed by atoms with Gasteiger partial charge in [0.1, 0.15) is 5.69 Å². The highest BCUT2D eigenvalue weighted by molar-refractivity contribution is 5.59. The summed E-state index contributed by atoms with van der Waals surface area (Å²) in [6, 6.07) is 14.4. The zero-order valence-electron chi connectivity index (χ0n) is 14.7. The first-order valence-electron chi connectivity index (χ1n) is 8.94. The van der Waals surface area contributed by atoms with Gasteiger partial charge in [-0.3, -0.25) is 0 Å². The Balaban J connectivity index is 1.40. The van der Waals surface area contributed by atoms with Crippen LogP contribution in [0.15, 0.2) is 48.7 Å². The minimum absolute atomic E-state index is 0.308. The van der Waals surface area contributed by atoms with Gasteiger partial charge in [-0.15, -0.1) is 15.3 Å². The van der Waals surface area contributed by atoms with E-state index in [-0.39, 0.29) is 0 Å². The molecule has 4 rings (SSSR count). The molecule has 0 saturated carbocycles. The molecule has 1 atom stereocenters. The molecule has 0 spiro atoms. The molecule has 1 aliphatic rings. The van der Waals surface area contributed by atoms with Gasteiger partial charge in [-0.1, -0.05) is 35.5 Å². The number of anilines is 1. The maximum absolute atomic E-state index is 9.59. The minimum atomic E-state index is -0.581. The Morgan fingerprint density at radius 1 is 1.00 bits per heavy atom. The molecule has 7 nitrogen and oxygen atoms in total. The normalized spacial score (nSPS) is 16.6. The van der Waals surface area contributed by atoms with E-state index in [9.17, 15) is 5.11 Å². The van der Waals surface area contributed by atoms with Crippen LogP contribution in [0.2, 0.25) is 0 Å². The summed E-state index contributed by atoms with van der Waals surface area (Å²) in [4.78, 5) is 2.25. The summed E-state index contributed by atoms with van der Waals surface area (Å²) >= 11 is 0. The number of aliphatic hydroxyl groups excluding tert-OH is 1. The minimum Gasteiger partial charge on any atom is -0.387 e. The van der Waals surface area contributed by atoms with Crippen molar-refractivity contribution in [3.8, 4) is 11.3 Å². The molecule has 0 aliphatic carbocycles. The number of hydrogen-bond donors (Lipinski definition) is 1. The van der Waals surface area contributed by atoms with Crippen LogP contribution in [0.3, 0.4) is 0 Å². The summed E-state index contributed by atoms with van der Waals surface area (Å²) in [5, 5.41) is 26.6. The van der Waals surface area contributed by atoms with E-state index in [1.54, 1.807) is 6.92 Å². The van der Waals surface area contributed by atoms with Crippen molar-refractivity contribution in [2.75, 3.05) is 18.0 Å². The Kier molecular flexibility index (Phi) is 4.62. The fourth-order valence-corrected chi connectivity index (χ4v) is 3.28. The molecular formula is C19H22N6O. The van der Waals surface area contributed by atoms with Crippen molar-refractivity contribution < 1.29 is 5.11 Å². The zero-order chi connectivity index (χ0) is 17.9. The van der Waals surface area contributed by atoms with Gasteiger partial charge in [0.25, 0.3) is 0 Å². The molecule has 0 unspecified atom stereocenters. The van der Waals surface area contributed by atoms with Gasteiger partial charge in [-0.25, -0.2) is 4.68 Å². The summed E-state index contributed by atoms with van der Waals surface area (Å²) < 4.78 is 1.88. The molecule has 1 fully saturated rings. The number of aliphatic hydroxyl groups is 1. The van der Waals surface area contributed by atoms with E-state index in [0.717, 1.165) is 43.0 Å². The summed E-state index contributed by atoms with van der Waals surface area (Å²) in [5.41, 5.74) is 2.58. The van der Waals surface area contributed by atoms with Crippen LogP contribution in [0.25, 0.3) is 11.3 Å². The summed E-state index contributed by atoms with van der Waals surface area (Å²) in [5.74, 6) is 0.909. The first-order valence-corrected chi connectivity index (χ1v) is 8.94. The van der Waals surface area contributed by atoms with E-state index < -0.39 is 6.10 Å². The number of nitrogens with zero attached hydrogens (tertiary/aromatic N) is 6. The maximum atomic E-state index is 9.59. The molecule has 26 heavy (non-hydrogen) atoms. The average molecular weight is 350 g/mol. The third kappa shape index (κ3) is 3.43. The second-order valence-corrected chi connectivity index (χ2v) is 6.66. The van der Waals surface area contributed by atoms with E-state index in [0.29, 0.717) is 11.7 Å². The van der Waals surface area contributed by atoms with Crippen molar-refractivity contribution in [1.29, 1.82) is 0 Å². The molecule has 2 aromatic heterocycles. The molecule has 7 heteroatoms. The van der Waals surface area contributed by atoms with Crippen LogP contribution in [0.5, 0.6) is 0 Å². The van der Waals surface area contributed by atoms with Crippen molar-refractivity contribution in [2.45, 2.75) is 31.9 Å². The van der Waals surface area contributed by atoms with E-state index in [4.69, 9.17) is 0 Å². The van der Waals surface area contributed by atoms with Crippen LogP contribution in [0, 0.1) is 0 Å². The Hall–Kier alpha value is -2.80. The van der Waals surface area contributed by atoms with Crippen LogP contribution in [0.1, 0.15) is 37.6 Å². The van der Waals surface area contributed by atoms with Gasteiger partial charge in [0.2, 0.25) is 0 Å². The van der Waals surface area contributed by atoms with Crippen molar-refractivity contribution in [1.82, 2.24) is 25.2 Å². The Morgan fingerprint density at radius 2 is 1.77 bits per heavy atom. The molecule has 1 aromatic carbocycles. The molecule has 1 saturated heterocycles. The highest BCUT2D eigenvalue weighted by Crippen LogP contribution is 2.26. The van der Waals surface area contributed by atoms with Crippen LogP contribution in [-0.4, -0.2) is 43.4 Å². The summed E-state index contributed by atoms with van der Waals surface area (Å²) in [6.45, 7) is 3.50. The largest absolute Gasteiger partial charge is 0.387 e. The maximum Gasteiger partial charge on any atom is 0.151 e. The Labute approximate surface area is 152 Å². The lowest BCUT2D eigenvalue weighted by molar-refractivity contribution is 0.194. The molecular weight excluding hydrogens is 328 g/mol. The summed E-state index contributed by atoms with van der Waals surface area (Å²) in [7, 11) is 0. The van der Waals surface area contributed by atoms with Crippen LogP contribution < -0.4 is 4.90 Å². The van der Waals surface area contributed by atoms with Gasteiger partial charge >= 0.3 is 0 Å². The topological polar surface area (TPSA) is 80.0 Å². The number of aromatic nitrogens is 5. The SMILES string of the molecule is C[C@@H](O)c1cn(C2CCN(c3ccc(-c4ccccc4)nn3)CC2)nn1. The smallest absolute Gasteiger partial charge is 0.151 e. The predicted octanol–water partition coefficient (Wildman–Crippen LogP) is 2.63. The number of rotatable bonds is 4. The van der Waals surface area contributed by atoms with E-state index in [1.165, 1.54) is 0 Å². The molecule has 0 radical (unpaired) electrons. The average Bonchev–Trinajstić information content (AvgIpc) is 3.20. The highest BCUT2D eigenvalue weighted by atomic mass is 16.3. The standard InChI is InChI=1S/C19H22N6O/c1-14(26)18-13-25(23-21-18)16-9-11-24(12-10-16)19-8-7-17(20-22-19)15-5-3-2-4-6-15/h2-8,13-14,16,26H,9-12H2,1H3/t14-/m1/s1. The number of piperidine rings is 1. The van der Waals surface area contributed by atoms with Gasteiger partial charge in [0.15, 0.2) is 5.82 Å². The third-order valence-electron chi connectivity index (χ3n) is 4.84. The monoisotopic (exact) mass is 350 g/mol. The van der Waals surface area contributed by atoms with Crippen molar-refractivity contribution in [2.24, 2.45) is 0 Å². The lowest BCUT2D eigenvalue weighted by atomic mass is 10.1. The van der Waals surface area contributed by atoms with Gasteiger partial charge < -0.3 is 10.0 Å². The second kappa shape index (κ2) is 7.21. The van der Waals surface area contributed by atoms with Crippen LogP contribution in [0.4, 0.5) is 5.82 Å². The molecule has 3 heterocycles. The van der Waals surface area contributed by atoms with Crippen molar-refractivity contribution in [3.05, 3.63) is 54.4 Å². The lowest BCUT2D eigenvalue weighted by Gasteiger charge is -2.32. The van der Waals surface area contributed by atoms with Crippen LogP contribution >= 0.6 is 0 Å². The number of hydrogen-bond acceptors (Lipinski definition) is 6. The second-order valence-electron chi connectivity index (χ2n) is 6.66. The van der Waals surface area contributed by atoms with E-state index >= 15 is 0 Å². The molecule has 1 aliphatic heterocycles. The first-order chi connectivity index (χ1) is 12.7. The van der Waals surface area contributed by atoms with E-state index in [1.807, 2.05) is 53.3 Å². The Morgan fingerprint density at radius 3 is 2.38 bits per heavy atom. The van der Waals surface area contributed by atoms with E-state index in [2.05, 4.69) is 25.4 Å². The van der Waals surface area contributed by atoms with Crippen molar-refractivity contribution in [3.63, 3.8) is 0 Å². The number of benzene rings is 1. The summed E-state index contributed by atoms with van der Waals surface area (Å²) in [6.07, 6.45) is 3.19. The predicted molar refractivity (Wildman–Crippen MR) is 98.6 cm³/mol. The first kappa shape index (κ1) is 16.7. The Bertz CT molecular complexity index is 838. The highest BCUT2D eigenvalue weighted by Gasteiger charge is 2.23. The fraction of sp³-hybridized carbons (Fsp3) is 0.368. The molecule has 3 aromatic rings. The molecule has 0 bridgehead atoms. The van der Waals surface area contributed by atoms with Crippen LogP contribution in [-0.2, 0) is 0 Å². The fourth-order valence-electron chi connectivity index (χ4n) is 3.28.